The van der Waals surface area contributed by atoms with Crippen LogP contribution in [0.1, 0.15) is 24.5 Å². The van der Waals surface area contributed by atoms with Crippen LogP contribution < -0.4 is 14.8 Å². The van der Waals surface area contributed by atoms with Gasteiger partial charge in [0.25, 0.3) is 0 Å². The minimum atomic E-state index is -0.629. The minimum absolute atomic E-state index is 0.0449. The zero-order valence-electron chi connectivity index (χ0n) is 15.1. The molecule has 0 saturated carbocycles. The van der Waals surface area contributed by atoms with E-state index in [1.54, 1.807) is 0 Å². The standard InChI is InChI=1S/C21H24N2O4/c24-18(15-8-9-19-20(11-15)27-14-26-19)13-23-10-4-5-16(12-23)21(25)22-17-6-2-1-3-7-17/h1-3,6-9,11,16,18,24H,4-5,10,12-14H2,(H,22,25)/t16-,18+/m0/s1. The average Bonchev–Trinajstić information content (AvgIpc) is 3.17. The van der Waals surface area contributed by atoms with Gasteiger partial charge in [0.1, 0.15) is 0 Å². The summed E-state index contributed by atoms with van der Waals surface area (Å²) in [5, 5.41) is 13.6. The molecule has 0 aliphatic carbocycles. The van der Waals surface area contributed by atoms with Crippen LogP contribution in [-0.2, 0) is 4.79 Å². The number of aliphatic hydroxyl groups is 1. The third kappa shape index (κ3) is 4.23. The Balaban J connectivity index is 1.34. The van der Waals surface area contributed by atoms with Crippen molar-refractivity contribution in [2.45, 2.75) is 18.9 Å². The van der Waals surface area contributed by atoms with Gasteiger partial charge in [-0.05, 0) is 49.2 Å². The summed E-state index contributed by atoms with van der Waals surface area (Å²) in [6.07, 6.45) is 1.19. The molecule has 2 aliphatic heterocycles. The van der Waals surface area contributed by atoms with Crippen LogP contribution in [0.3, 0.4) is 0 Å². The van der Waals surface area contributed by atoms with Gasteiger partial charge in [0.2, 0.25) is 12.7 Å². The summed E-state index contributed by atoms with van der Waals surface area (Å²) >= 11 is 0. The van der Waals surface area contributed by atoms with Crippen LogP contribution in [0.25, 0.3) is 0 Å². The van der Waals surface area contributed by atoms with Gasteiger partial charge in [-0.25, -0.2) is 0 Å². The fourth-order valence-electron chi connectivity index (χ4n) is 3.67. The molecule has 2 atom stereocenters. The van der Waals surface area contributed by atoms with Crippen LogP contribution >= 0.6 is 0 Å². The number of para-hydroxylation sites is 1. The molecule has 2 N–H and O–H groups in total. The molecule has 142 valence electrons. The van der Waals surface area contributed by atoms with E-state index in [-0.39, 0.29) is 18.6 Å². The summed E-state index contributed by atoms with van der Waals surface area (Å²) in [4.78, 5) is 14.7. The first kappa shape index (κ1) is 17.8. The van der Waals surface area contributed by atoms with Crippen LogP contribution in [0.2, 0.25) is 0 Å². The molecule has 2 aromatic carbocycles. The number of piperidine rings is 1. The molecule has 1 saturated heterocycles. The van der Waals surface area contributed by atoms with E-state index in [1.165, 1.54) is 0 Å². The van der Waals surface area contributed by atoms with Gasteiger partial charge in [0, 0.05) is 18.8 Å². The normalized spacial score (nSPS) is 20.3. The van der Waals surface area contributed by atoms with Crippen LogP contribution in [-0.4, -0.2) is 42.3 Å². The third-order valence-corrected chi connectivity index (χ3v) is 5.13. The smallest absolute Gasteiger partial charge is 0.231 e. The van der Waals surface area contributed by atoms with E-state index >= 15 is 0 Å². The maximum Gasteiger partial charge on any atom is 0.231 e. The number of likely N-dealkylation sites (tertiary alicyclic amines) is 1. The molecule has 0 bridgehead atoms. The van der Waals surface area contributed by atoms with Gasteiger partial charge in [-0.2, -0.15) is 0 Å². The van der Waals surface area contributed by atoms with Crippen molar-refractivity contribution in [2.24, 2.45) is 5.92 Å². The quantitative estimate of drug-likeness (QED) is 0.849. The molecular weight excluding hydrogens is 344 g/mol. The summed E-state index contributed by atoms with van der Waals surface area (Å²) < 4.78 is 10.7. The number of amides is 1. The highest BCUT2D eigenvalue weighted by atomic mass is 16.7. The van der Waals surface area contributed by atoms with Crippen molar-refractivity contribution in [3.63, 3.8) is 0 Å². The molecular formula is C21H24N2O4. The second-order valence-corrected chi connectivity index (χ2v) is 7.08. The van der Waals surface area contributed by atoms with Gasteiger partial charge < -0.3 is 19.9 Å². The molecule has 0 radical (unpaired) electrons. The Morgan fingerprint density at radius 1 is 1.19 bits per heavy atom. The molecule has 0 unspecified atom stereocenters. The number of carbonyl (C=O) groups is 1. The molecule has 2 aliphatic rings. The molecule has 6 heteroatoms. The number of hydrogen-bond donors (Lipinski definition) is 2. The van der Waals surface area contributed by atoms with Crippen LogP contribution in [0.5, 0.6) is 11.5 Å². The maximum atomic E-state index is 12.6. The largest absolute Gasteiger partial charge is 0.454 e. The number of β-amino-alcohol motifs (C(OH)–C–C–N with tert-alkyl or cyclic N) is 1. The fraction of sp³-hybridized carbons (Fsp3) is 0.381. The van der Waals surface area contributed by atoms with Gasteiger partial charge >= 0.3 is 0 Å². The van der Waals surface area contributed by atoms with Gasteiger partial charge in [0.05, 0.1) is 12.0 Å². The average molecular weight is 368 g/mol. The van der Waals surface area contributed by atoms with Gasteiger partial charge in [-0.1, -0.05) is 24.3 Å². The summed E-state index contributed by atoms with van der Waals surface area (Å²) in [5.74, 6) is 1.36. The molecule has 27 heavy (non-hydrogen) atoms. The zero-order chi connectivity index (χ0) is 18.6. The first-order chi connectivity index (χ1) is 13.2. The molecule has 2 aromatic rings. The maximum absolute atomic E-state index is 12.6. The predicted molar refractivity (Wildman–Crippen MR) is 102 cm³/mol. The van der Waals surface area contributed by atoms with Crippen molar-refractivity contribution in [2.75, 3.05) is 31.7 Å². The number of ether oxygens (including phenoxy) is 2. The lowest BCUT2D eigenvalue weighted by molar-refractivity contribution is -0.121. The van der Waals surface area contributed by atoms with Gasteiger partial charge in [0.15, 0.2) is 11.5 Å². The van der Waals surface area contributed by atoms with Crippen molar-refractivity contribution < 1.29 is 19.4 Å². The number of carbonyl (C=O) groups excluding carboxylic acids is 1. The predicted octanol–water partition coefficient (Wildman–Crippen LogP) is 2.80. The van der Waals surface area contributed by atoms with Crippen molar-refractivity contribution in [3.8, 4) is 11.5 Å². The zero-order valence-corrected chi connectivity index (χ0v) is 15.1. The number of hydrogen-bond acceptors (Lipinski definition) is 5. The molecule has 1 amide bonds. The summed E-state index contributed by atoms with van der Waals surface area (Å²) in [6.45, 7) is 2.25. The van der Waals surface area contributed by atoms with E-state index in [4.69, 9.17) is 9.47 Å². The van der Waals surface area contributed by atoms with E-state index in [0.29, 0.717) is 24.6 Å². The summed E-state index contributed by atoms with van der Waals surface area (Å²) in [6, 6.07) is 15.0. The van der Waals surface area contributed by atoms with Gasteiger partial charge in [-0.3, -0.25) is 9.69 Å². The topological polar surface area (TPSA) is 71.0 Å². The van der Waals surface area contributed by atoms with Crippen LogP contribution in [0, 0.1) is 5.92 Å². The van der Waals surface area contributed by atoms with E-state index in [0.717, 1.165) is 30.6 Å². The Morgan fingerprint density at radius 2 is 2.00 bits per heavy atom. The van der Waals surface area contributed by atoms with Crippen LogP contribution in [0.15, 0.2) is 48.5 Å². The molecule has 4 rings (SSSR count). The Hall–Kier alpha value is -2.57. The first-order valence-electron chi connectivity index (χ1n) is 9.35. The SMILES string of the molecule is O=C(Nc1ccccc1)[C@H]1CCCN(C[C@@H](O)c2ccc3c(c2)OCO3)C1. The molecule has 0 aromatic heterocycles. The monoisotopic (exact) mass is 368 g/mol. The lowest BCUT2D eigenvalue weighted by Gasteiger charge is -2.33. The third-order valence-electron chi connectivity index (χ3n) is 5.13. The molecule has 0 spiro atoms. The highest BCUT2D eigenvalue weighted by Crippen LogP contribution is 2.34. The van der Waals surface area contributed by atoms with Crippen molar-refractivity contribution in [1.82, 2.24) is 4.90 Å². The Kier molecular flexibility index (Phi) is 5.27. The Labute approximate surface area is 158 Å². The summed E-state index contributed by atoms with van der Waals surface area (Å²) in [7, 11) is 0. The number of nitrogens with zero attached hydrogens (tertiary/aromatic N) is 1. The second-order valence-electron chi connectivity index (χ2n) is 7.08. The fourth-order valence-corrected chi connectivity index (χ4v) is 3.67. The summed E-state index contributed by atoms with van der Waals surface area (Å²) in [5.41, 5.74) is 1.62. The number of anilines is 1. The van der Waals surface area contributed by atoms with E-state index in [9.17, 15) is 9.90 Å². The number of fused-ring (bicyclic) bond motifs is 1. The van der Waals surface area contributed by atoms with Crippen LogP contribution in [0.4, 0.5) is 5.69 Å². The highest BCUT2D eigenvalue weighted by Gasteiger charge is 2.27. The van der Waals surface area contributed by atoms with Crippen molar-refractivity contribution in [1.29, 1.82) is 0 Å². The van der Waals surface area contributed by atoms with E-state index < -0.39 is 6.10 Å². The lowest BCUT2D eigenvalue weighted by atomic mass is 9.96. The minimum Gasteiger partial charge on any atom is -0.454 e. The molecule has 2 heterocycles. The lowest BCUT2D eigenvalue weighted by Crippen LogP contribution is -2.42. The van der Waals surface area contributed by atoms with E-state index in [2.05, 4.69) is 10.2 Å². The number of nitrogens with one attached hydrogen (secondary N) is 1. The highest BCUT2D eigenvalue weighted by molar-refractivity contribution is 5.92. The number of rotatable bonds is 5. The van der Waals surface area contributed by atoms with Crippen molar-refractivity contribution >= 4 is 11.6 Å². The number of aliphatic hydroxyl groups excluding tert-OH is 1. The van der Waals surface area contributed by atoms with E-state index in [1.807, 2.05) is 48.5 Å². The Morgan fingerprint density at radius 3 is 2.85 bits per heavy atom. The molecule has 1 fully saturated rings. The Bertz CT molecular complexity index is 796. The number of benzene rings is 2. The van der Waals surface area contributed by atoms with Gasteiger partial charge in [-0.15, -0.1) is 0 Å². The molecule has 6 nitrogen and oxygen atoms in total. The van der Waals surface area contributed by atoms with Crippen molar-refractivity contribution in [3.05, 3.63) is 54.1 Å². The second kappa shape index (κ2) is 7.98. The first-order valence-corrected chi connectivity index (χ1v) is 9.35.